The van der Waals surface area contributed by atoms with Gasteiger partial charge in [0, 0.05) is 18.0 Å². The zero-order valence-corrected chi connectivity index (χ0v) is 22.0. The number of aromatic nitrogens is 2. The monoisotopic (exact) mass is 499 g/mol. The molecule has 0 unspecified atom stereocenters. The smallest absolute Gasteiger partial charge is 0.343 e. The average molecular weight is 500 g/mol. The fraction of sp³-hybridized carbons (Fsp3) is 0.419. The summed E-state index contributed by atoms with van der Waals surface area (Å²) < 4.78 is 11.3. The summed E-state index contributed by atoms with van der Waals surface area (Å²) in [5, 5.41) is 9.49. The van der Waals surface area contributed by atoms with E-state index in [1.54, 1.807) is 24.3 Å². The topological polar surface area (TPSA) is 85.1 Å². The van der Waals surface area contributed by atoms with Gasteiger partial charge in [0.25, 0.3) is 0 Å². The minimum atomic E-state index is -0.529. The van der Waals surface area contributed by atoms with Gasteiger partial charge in [-0.15, -0.1) is 0 Å². The fourth-order valence-electron chi connectivity index (χ4n) is 3.98. The summed E-state index contributed by atoms with van der Waals surface area (Å²) in [6.07, 6.45) is 15.4. The number of hydrogen-bond acceptors (Lipinski definition) is 6. The van der Waals surface area contributed by atoms with Crippen LogP contribution in [0.15, 0.2) is 54.9 Å². The van der Waals surface area contributed by atoms with Gasteiger partial charge in [0.05, 0.1) is 17.7 Å². The van der Waals surface area contributed by atoms with Crippen molar-refractivity contribution in [1.29, 1.82) is 5.26 Å². The number of esters is 1. The summed E-state index contributed by atoms with van der Waals surface area (Å²) in [7, 11) is 0. The maximum atomic E-state index is 12.7. The second-order valence-corrected chi connectivity index (χ2v) is 9.22. The summed E-state index contributed by atoms with van der Waals surface area (Å²) in [5.41, 5.74) is 2.62. The lowest BCUT2D eigenvalue weighted by molar-refractivity contribution is 0.0734. The molecule has 37 heavy (non-hydrogen) atoms. The van der Waals surface area contributed by atoms with Crippen molar-refractivity contribution in [3.63, 3.8) is 0 Å². The van der Waals surface area contributed by atoms with Crippen LogP contribution in [-0.4, -0.2) is 22.5 Å². The van der Waals surface area contributed by atoms with E-state index in [1.165, 1.54) is 38.2 Å². The molecule has 194 valence electrons. The van der Waals surface area contributed by atoms with Crippen molar-refractivity contribution in [3.8, 4) is 29.0 Å². The number of aryl methyl sites for hydroxylation is 1. The Balaban J connectivity index is 1.54. The molecular weight excluding hydrogens is 462 g/mol. The van der Waals surface area contributed by atoms with E-state index in [-0.39, 0.29) is 0 Å². The van der Waals surface area contributed by atoms with Crippen molar-refractivity contribution in [1.82, 2.24) is 9.97 Å². The Morgan fingerprint density at radius 3 is 2.22 bits per heavy atom. The zero-order chi connectivity index (χ0) is 26.3. The van der Waals surface area contributed by atoms with Gasteiger partial charge in [0.2, 0.25) is 0 Å². The van der Waals surface area contributed by atoms with Crippen LogP contribution in [0, 0.1) is 11.3 Å². The van der Waals surface area contributed by atoms with Gasteiger partial charge in [-0.2, -0.15) is 5.26 Å². The van der Waals surface area contributed by atoms with Crippen LogP contribution in [-0.2, 0) is 6.42 Å². The van der Waals surface area contributed by atoms with Crippen LogP contribution in [0.1, 0.15) is 93.1 Å². The number of carbonyl (C=O) groups excluding carboxylic acids is 1. The molecule has 0 N–H and O–H groups in total. The molecule has 2 aromatic carbocycles. The first kappa shape index (κ1) is 27.9. The Labute approximate surface area is 220 Å². The van der Waals surface area contributed by atoms with Gasteiger partial charge < -0.3 is 9.47 Å². The fourth-order valence-corrected chi connectivity index (χ4v) is 3.98. The lowest BCUT2D eigenvalue weighted by atomic mass is 10.1. The molecule has 0 amide bonds. The summed E-state index contributed by atoms with van der Waals surface area (Å²) in [4.78, 5) is 21.7. The maximum absolute atomic E-state index is 12.7. The van der Waals surface area contributed by atoms with E-state index in [0.29, 0.717) is 35.1 Å². The van der Waals surface area contributed by atoms with Crippen molar-refractivity contribution in [2.24, 2.45) is 0 Å². The molecule has 0 saturated heterocycles. The first-order valence-electron chi connectivity index (χ1n) is 13.4. The summed E-state index contributed by atoms with van der Waals surface area (Å²) in [6.45, 7) is 4.93. The van der Waals surface area contributed by atoms with E-state index in [1.807, 2.05) is 24.5 Å². The number of carbonyl (C=O) groups is 1. The SMILES string of the molecule is CCCCCCCc1cnc(-c2ccc(OC(=O)c3ccc(OCCCCCC)c(C#N)c3)cc2)nc1. The maximum Gasteiger partial charge on any atom is 0.343 e. The van der Waals surface area contributed by atoms with E-state index in [2.05, 4.69) is 29.9 Å². The highest BCUT2D eigenvalue weighted by molar-refractivity contribution is 5.91. The quantitative estimate of drug-likeness (QED) is 0.121. The Morgan fingerprint density at radius 2 is 1.54 bits per heavy atom. The van der Waals surface area contributed by atoms with Crippen molar-refractivity contribution < 1.29 is 14.3 Å². The van der Waals surface area contributed by atoms with Crippen LogP contribution in [0.3, 0.4) is 0 Å². The van der Waals surface area contributed by atoms with Crippen LogP contribution >= 0.6 is 0 Å². The molecule has 0 aliphatic carbocycles. The van der Waals surface area contributed by atoms with Crippen molar-refractivity contribution in [2.75, 3.05) is 6.61 Å². The number of rotatable bonds is 15. The lowest BCUT2D eigenvalue weighted by Gasteiger charge is -2.10. The zero-order valence-electron chi connectivity index (χ0n) is 22.0. The number of hydrogen-bond donors (Lipinski definition) is 0. The van der Waals surface area contributed by atoms with E-state index < -0.39 is 5.97 Å². The third-order valence-corrected chi connectivity index (χ3v) is 6.19. The molecule has 0 aliphatic rings. The Bertz CT molecular complexity index is 1150. The normalized spacial score (nSPS) is 10.6. The Hall–Kier alpha value is -3.72. The summed E-state index contributed by atoms with van der Waals surface area (Å²) in [5.74, 6) is 1.00. The van der Waals surface area contributed by atoms with Crippen LogP contribution in [0.4, 0.5) is 0 Å². The minimum Gasteiger partial charge on any atom is -0.492 e. The molecule has 6 nitrogen and oxygen atoms in total. The molecule has 6 heteroatoms. The third-order valence-electron chi connectivity index (χ3n) is 6.19. The molecule has 1 heterocycles. The molecule has 0 bridgehead atoms. The van der Waals surface area contributed by atoms with E-state index in [0.717, 1.165) is 43.2 Å². The number of benzene rings is 2. The molecule has 0 fully saturated rings. The number of nitriles is 1. The molecule has 0 atom stereocenters. The Kier molecular flexibility index (Phi) is 11.6. The molecule has 0 radical (unpaired) electrons. The van der Waals surface area contributed by atoms with Crippen molar-refractivity contribution in [3.05, 3.63) is 71.5 Å². The van der Waals surface area contributed by atoms with Crippen LogP contribution in [0.2, 0.25) is 0 Å². The van der Waals surface area contributed by atoms with E-state index >= 15 is 0 Å². The lowest BCUT2D eigenvalue weighted by Crippen LogP contribution is -2.09. The highest BCUT2D eigenvalue weighted by Crippen LogP contribution is 2.23. The largest absolute Gasteiger partial charge is 0.492 e. The third kappa shape index (κ3) is 9.02. The van der Waals surface area contributed by atoms with E-state index in [9.17, 15) is 10.1 Å². The second-order valence-electron chi connectivity index (χ2n) is 9.22. The molecule has 0 spiro atoms. The van der Waals surface area contributed by atoms with Gasteiger partial charge in [-0.25, -0.2) is 14.8 Å². The Morgan fingerprint density at radius 1 is 0.865 bits per heavy atom. The molecule has 0 aliphatic heterocycles. The standard InChI is InChI=1S/C31H37N3O3/c1-3-5-7-9-10-12-24-22-33-30(34-23-24)25-13-16-28(17-14-25)37-31(35)26-15-18-29(27(20-26)21-32)36-19-11-8-6-4-2/h13-18,20,22-23H,3-12,19H2,1-2H3. The summed E-state index contributed by atoms with van der Waals surface area (Å²) in [6, 6.07) is 14.0. The molecule has 3 aromatic rings. The number of nitrogens with zero attached hydrogens (tertiary/aromatic N) is 3. The number of unbranched alkanes of at least 4 members (excludes halogenated alkanes) is 7. The second kappa shape index (κ2) is 15.4. The average Bonchev–Trinajstić information content (AvgIpc) is 2.93. The highest BCUT2D eigenvalue weighted by atomic mass is 16.5. The molecule has 0 saturated carbocycles. The molecule has 3 rings (SSSR count). The van der Waals surface area contributed by atoms with Gasteiger partial charge in [0.1, 0.15) is 17.6 Å². The van der Waals surface area contributed by atoms with Gasteiger partial charge in [-0.1, -0.05) is 58.8 Å². The van der Waals surface area contributed by atoms with Gasteiger partial charge >= 0.3 is 5.97 Å². The van der Waals surface area contributed by atoms with E-state index in [4.69, 9.17) is 9.47 Å². The predicted molar refractivity (Wildman–Crippen MR) is 146 cm³/mol. The van der Waals surface area contributed by atoms with Gasteiger partial charge in [-0.3, -0.25) is 0 Å². The predicted octanol–water partition coefficient (Wildman–Crippen LogP) is 7.71. The van der Waals surface area contributed by atoms with Gasteiger partial charge in [-0.05, 0) is 67.3 Å². The minimum absolute atomic E-state index is 0.299. The highest BCUT2D eigenvalue weighted by Gasteiger charge is 2.13. The summed E-state index contributed by atoms with van der Waals surface area (Å²) >= 11 is 0. The van der Waals surface area contributed by atoms with Crippen molar-refractivity contribution in [2.45, 2.75) is 78.1 Å². The van der Waals surface area contributed by atoms with Gasteiger partial charge in [0.15, 0.2) is 5.82 Å². The van der Waals surface area contributed by atoms with Crippen molar-refractivity contribution >= 4 is 5.97 Å². The first-order valence-corrected chi connectivity index (χ1v) is 13.4. The first-order chi connectivity index (χ1) is 18.1. The van der Waals surface area contributed by atoms with Crippen LogP contribution < -0.4 is 9.47 Å². The van der Waals surface area contributed by atoms with Crippen LogP contribution in [0.5, 0.6) is 11.5 Å². The van der Waals surface area contributed by atoms with Crippen LogP contribution in [0.25, 0.3) is 11.4 Å². The molecular formula is C31H37N3O3. The number of ether oxygens (including phenoxy) is 2. The molecule has 1 aromatic heterocycles.